The van der Waals surface area contributed by atoms with Gasteiger partial charge in [0.1, 0.15) is 16.7 Å². The summed E-state index contributed by atoms with van der Waals surface area (Å²) in [4.78, 5) is 7.12. The van der Waals surface area contributed by atoms with Crippen molar-refractivity contribution in [2.45, 2.75) is 0 Å². The van der Waals surface area contributed by atoms with Gasteiger partial charge in [0, 0.05) is 39.5 Å². The van der Waals surface area contributed by atoms with Crippen LogP contribution < -0.4 is 4.90 Å². The van der Waals surface area contributed by atoms with Crippen LogP contribution in [0.3, 0.4) is 0 Å². The third-order valence-corrected chi connectivity index (χ3v) is 9.68. The van der Waals surface area contributed by atoms with E-state index in [9.17, 15) is 0 Å². The van der Waals surface area contributed by atoms with Crippen molar-refractivity contribution in [3.63, 3.8) is 0 Å². The molecule has 4 heteroatoms. The number of rotatable bonds is 6. The molecule has 0 unspecified atom stereocenters. The van der Waals surface area contributed by atoms with E-state index in [4.69, 9.17) is 13.8 Å². The molecule has 0 amide bonds. The second-order valence-electron chi connectivity index (χ2n) is 12.8. The first kappa shape index (κ1) is 29.0. The second kappa shape index (κ2) is 11.9. The standard InChI is InChI=1S/C47H30N2O2/c1-3-9-31(10-4-1)33-17-22-39(23-18-33)49(38-13-5-2-6-14-38)40-24-19-34(20-25-40)36-21-26-41-42-29-46-43(30-45(42)50-44(41)28-36)48-47(51-46)37-16-15-32-11-7-8-12-35(32)27-37/h1-30H. The molecule has 10 aromatic rings. The SMILES string of the molecule is c1ccc(-c2ccc(N(c3ccccc3)c3ccc(-c4ccc5c(c4)oc4cc6nc(-c7ccc8ccccc8c7)oc6cc45)cc3)cc2)cc1. The molecule has 10 rings (SSSR count). The van der Waals surface area contributed by atoms with E-state index in [-0.39, 0.29) is 0 Å². The zero-order valence-corrected chi connectivity index (χ0v) is 27.5. The molecule has 240 valence electrons. The van der Waals surface area contributed by atoms with Crippen molar-refractivity contribution in [2.24, 2.45) is 0 Å². The van der Waals surface area contributed by atoms with Crippen LogP contribution in [0.5, 0.6) is 0 Å². The zero-order chi connectivity index (χ0) is 33.7. The molecule has 8 aromatic carbocycles. The molecule has 2 heterocycles. The highest BCUT2D eigenvalue weighted by Gasteiger charge is 2.16. The molecule has 0 aliphatic rings. The Morgan fingerprint density at radius 1 is 0.353 bits per heavy atom. The van der Waals surface area contributed by atoms with Crippen molar-refractivity contribution in [1.29, 1.82) is 0 Å². The minimum atomic E-state index is 0.605. The Bertz CT molecular complexity index is 2840. The van der Waals surface area contributed by atoms with Crippen LogP contribution in [-0.4, -0.2) is 4.98 Å². The number of nitrogens with zero attached hydrogens (tertiary/aromatic N) is 2. The molecule has 0 aliphatic carbocycles. The van der Waals surface area contributed by atoms with Gasteiger partial charge in [-0.05, 0) is 99.8 Å². The fourth-order valence-corrected chi connectivity index (χ4v) is 7.08. The third kappa shape index (κ3) is 5.22. The summed E-state index contributed by atoms with van der Waals surface area (Å²) in [6.07, 6.45) is 0. The second-order valence-corrected chi connectivity index (χ2v) is 12.8. The minimum absolute atomic E-state index is 0.605. The lowest BCUT2D eigenvalue weighted by molar-refractivity contribution is 0.620. The fraction of sp³-hybridized carbons (Fsp3) is 0. The molecule has 0 radical (unpaired) electrons. The van der Waals surface area contributed by atoms with Crippen LogP contribution >= 0.6 is 0 Å². The van der Waals surface area contributed by atoms with Gasteiger partial charge in [-0.1, -0.05) is 109 Å². The largest absolute Gasteiger partial charge is 0.456 e. The summed E-state index contributed by atoms with van der Waals surface area (Å²) in [6, 6.07) is 63.5. The Balaban J connectivity index is 0.965. The average Bonchev–Trinajstić information content (AvgIpc) is 3.78. The molecule has 0 fully saturated rings. The number of anilines is 3. The van der Waals surface area contributed by atoms with Crippen LogP contribution in [0.2, 0.25) is 0 Å². The van der Waals surface area contributed by atoms with Gasteiger partial charge in [0.25, 0.3) is 0 Å². The Kier molecular flexibility index (Phi) is 6.78. The van der Waals surface area contributed by atoms with Crippen LogP contribution in [0, 0.1) is 0 Å². The van der Waals surface area contributed by atoms with Crippen LogP contribution in [0.4, 0.5) is 17.1 Å². The molecule has 0 atom stereocenters. The van der Waals surface area contributed by atoms with Crippen LogP contribution in [0.1, 0.15) is 0 Å². The summed E-state index contributed by atoms with van der Waals surface area (Å²) < 4.78 is 12.7. The Morgan fingerprint density at radius 2 is 0.922 bits per heavy atom. The number of oxazole rings is 1. The number of para-hydroxylation sites is 1. The third-order valence-electron chi connectivity index (χ3n) is 9.68. The van der Waals surface area contributed by atoms with E-state index >= 15 is 0 Å². The molecule has 4 nitrogen and oxygen atoms in total. The summed E-state index contributed by atoms with van der Waals surface area (Å²) in [5.74, 6) is 0.605. The number of aromatic nitrogens is 1. The molecule has 0 bridgehead atoms. The lowest BCUT2D eigenvalue weighted by Crippen LogP contribution is -2.09. The van der Waals surface area contributed by atoms with E-state index < -0.39 is 0 Å². The number of benzene rings is 8. The molecule has 0 saturated heterocycles. The summed E-state index contributed by atoms with van der Waals surface area (Å²) in [5.41, 5.74) is 12.0. The molecule has 0 saturated carbocycles. The Morgan fingerprint density at radius 3 is 1.67 bits per heavy atom. The Hall–Kier alpha value is -6.91. The summed E-state index contributed by atoms with van der Waals surface area (Å²) in [7, 11) is 0. The first-order valence-electron chi connectivity index (χ1n) is 17.1. The highest BCUT2D eigenvalue weighted by atomic mass is 16.4. The van der Waals surface area contributed by atoms with Gasteiger partial charge in [-0.25, -0.2) is 4.98 Å². The molecule has 51 heavy (non-hydrogen) atoms. The van der Waals surface area contributed by atoms with E-state index in [1.54, 1.807) is 0 Å². The van der Waals surface area contributed by atoms with Crippen molar-refractivity contribution in [1.82, 2.24) is 4.98 Å². The fourth-order valence-electron chi connectivity index (χ4n) is 7.08. The van der Waals surface area contributed by atoms with Gasteiger partial charge < -0.3 is 13.7 Å². The van der Waals surface area contributed by atoms with Crippen molar-refractivity contribution in [2.75, 3.05) is 4.90 Å². The lowest BCUT2D eigenvalue weighted by Gasteiger charge is -2.26. The molecular weight excluding hydrogens is 625 g/mol. The summed E-state index contributed by atoms with van der Waals surface area (Å²) >= 11 is 0. The zero-order valence-electron chi connectivity index (χ0n) is 27.5. The van der Waals surface area contributed by atoms with Crippen molar-refractivity contribution >= 4 is 60.9 Å². The van der Waals surface area contributed by atoms with Crippen molar-refractivity contribution < 1.29 is 8.83 Å². The molecule has 0 aliphatic heterocycles. The van der Waals surface area contributed by atoms with Gasteiger partial charge in [0.05, 0.1) is 0 Å². The number of furan rings is 1. The minimum Gasteiger partial charge on any atom is -0.456 e. The van der Waals surface area contributed by atoms with Crippen LogP contribution in [0.25, 0.3) is 77.5 Å². The smallest absolute Gasteiger partial charge is 0.227 e. The van der Waals surface area contributed by atoms with Gasteiger partial charge >= 0.3 is 0 Å². The maximum atomic E-state index is 6.42. The van der Waals surface area contributed by atoms with Gasteiger partial charge in [0.2, 0.25) is 5.89 Å². The van der Waals surface area contributed by atoms with Crippen LogP contribution in [0.15, 0.2) is 191 Å². The summed E-state index contributed by atoms with van der Waals surface area (Å²) in [6.45, 7) is 0. The van der Waals surface area contributed by atoms with Gasteiger partial charge in [-0.15, -0.1) is 0 Å². The van der Waals surface area contributed by atoms with Gasteiger partial charge in [0.15, 0.2) is 5.58 Å². The topological polar surface area (TPSA) is 42.4 Å². The van der Waals surface area contributed by atoms with E-state index in [0.717, 1.165) is 72.2 Å². The monoisotopic (exact) mass is 654 g/mol. The lowest BCUT2D eigenvalue weighted by atomic mass is 10.0. The van der Waals surface area contributed by atoms with E-state index in [2.05, 4.69) is 157 Å². The van der Waals surface area contributed by atoms with Gasteiger partial charge in [-0.3, -0.25) is 0 Å². The highest BCUT2D eigenvalue weighted by Crippen LogP contribution is 2.39. The van der Waals surface area contributed by atoms with E-state index in [1.165, 1.54) is 16.5 Å². The number of fused-ring (bicyclic) bond motifs is 5. The molecule has 0 N–H and O–H groups in total. The van der Waals surface area contributed by atoms with Crippen molar-refractivity contribution in [3.8, 4) is 33.7 Å². The molecule has 0 spiro atoms. The predicted octanol–water partition coefficient (Wildman–Crippen LogP) is 13.4. The van der Waals surface area contributed by atoms with E-state index in [1.807, 2.05) is 30.3 Å². The maximum Gasteiger partial charge on any atom is 0.227 e. The number of hydrogen-bond acceptors (Lipinski definition) is 4. The maximum absolute atomic E-state index is 6.42. The molecular formula is C47H30N2O2. The normalized spacial score (nSPS) is 11.5. The van der Waals surface area contributed by atoms with Crippen LogP contribution in [-0.2, 0) is 0 Å². The van der Waals surface area contributed by atoms with E-state index in [0.29, 0.717) is 5.89 Å². The quantitative estimate of drug-likeness (QED) is 0.179. The first-order valence-corrected chi connectivity index (χ1v) is 17.1. The average molecular weight is 655 g/mol. The molecule has 2 aromatic heterocycles. The van der Waals surface area contributed by atoms with Gasteiger partial charge in [-0.2, -0.15) is 0 Å². The first-order chi connectivity index (χ1) is 25.2. The van der Waals surface area contributed by atoms with Crippen molar-refractivity contribution in [3.05, 3.63) is 182 Å². The highest BCUT2D eigenvalue weighted by molar-refractivity contribution is 6.09. The Labute approximate surface area is 294 Å². The number of hydrogen-bond donors (Lipinski definition) is 0. The predicted molar refractivity (Wildman–Crippen MR) is 210 cm³/mol. The summed E-state index contributed by atoms with van der Waals surface area (Å²) in [5, 5.41) is 4.41.